The molecule has 0 saturated carbocycles. The summed E-state index contributed by atoms with van der Waals surface area (Å²) in [7, 11) is 16.1. The summed E-state index contributed by atoms with van der Waals surface area (Å²) in [5.74, 6) is 2.24. The molecule has 0 radical (unpaired) electrons. The molecule has 4 amide bonds. The van der Waals surface area contributed by atoms with E-state index in [1.807, 2.05) is 132 Å². The Morgan fingerprint density at radius 2 is 1.07 bits per heavy atom. The van der Waals surface area contributed by atoms with Gasteiger partial charge < -0.3 is 76.3 Å². The summed E-state index contributed by atoms with van der Waals surface area (Å²) in [6, 6.07) is 27.4. The predicted octanol–water partition coefficient (Wildman–Crippen LogP) is 9.76. The minimum absolute atomic E-state index is 0.00442. The Labute approximate surface area is 574 Å². The number of benzene rings is 6. The molecule has 0 atom stereocenters. The number of rotatable bonds is 11. The molecule has 8 N–H and O–H groups in total. The second-order valence-electron chi connectivity index (χ2n) is 27.4. The Kier molecular flexibility index (Phi) is 24.1. The van der Waals surface area contributed by atoms with E-state index in [4.69, 9.17) is 43.0 Å². The van der Waals surface area contributed by atoms with Crippen LogP contribution in [0.5, 0.6) is 17.2 Å². The largest absolute Gasteiger partial charge is 0.497 e. The number of nitro benzene ring substituents is 2. The zero-order valence-corrected chi connectivity index (χ0v) is 59.5. The Morgan fingerprint density at radius 1 is 0.536 bits per heavy atom. The minimum Gasteiger partial charge on any atom is -0.497 e. The number of anilines is 9. The van der Waals surface area contributed by atoms with Crippen molar-refractivity contribution >= 4 is 97.8 Å². The number of nitrogens with two attached hydrogens (primary N) is 3. The molecular formula is C71H95ClN14O11. The number of methoxy groups -OCH3 is 3. The number of hydrogen-bond acceptors (Lipinski definition) is 19. The van der Waals surface area contributed by atoms with Crippen LogP contribution in [-0.2, 0) is 54.7 Å². The summed E-state index contributed by atoms with van der Waals surface area (Å²) in [6.07, 6.45) is 2.73. The maximum absolute atomic E-state index is 12.4. The quantitative estimate of drug-likeness (QED) is 0.0458. The fraction of sp³-hybridized carbons (Fsp3) is 0.437. The van der Waals surface area contributed by atoms with Gasteiger partial charge in [0.1, 0.15) is 11.5 Å². The Hall–Kier alpha value is -9.43. The highest BCUT2D eigenvalue weighted by Crippen LogP contribution is 2.46. The van der Waals surface area contributed by atoms with Crippen molar-refractivity contribution in [1.82, 2.24) is 14.7 Å². The van der Waals surface area contributed by atoms with Gasteiger partial charge in [-0.05, 0) is 156 Å². The number of halogens is 1. The molecule has 6 heterocycles. The van der Waals surface area contributed by atoms with Crippen LogP contribution in [-0.4, -0.2) is 171 Å². The number of amides is 4. The van der Waals surface area contributed by atoms with Crippen LogP contribution in [0, 0.1) is 20.2 Å². The summed E-state index contributed by atoms with van der Waals surface area (Å²) >= 11 is 5.97. The summed E-state index contributed by atoms with van der Waals surface area (Å²) < 4.78 is 15.6. The average Bonchev–Trinajstić information content (AvgIpc) is 1.63. The Bertz CT molecular complexity index is 3930. The number of likely N-dealkylation sites (N-methyl/N-ethyl adjacent to an activating group) is 3. The highest BCUT2D eigenvalue weighted by atomic mass is 35.5. The maximum atomic E-state index is 12.4. The normalized spacial score (nSPS) is 15.5. The number of carbonyl (C=O) groups is 4. The summed E-state index contributed by atoms with van der Waals surface area (Å²) in [5, 5.41) is 28.0. The van der Waals surface area contributed by atoms with Gasteiger partial charge in [0, 0.05) is 120 Å². The van der Waals surface area contributed by atoms with Crippen molar-refractivity contribution in [2.75, 3.05) is 170 Å². The van der Waals surface area contributed by atoms with Crippen molar-refractivity contribution < 1.29 is 43.2 Å². The fourth-order valence-corrected chi connectivity index (χ4v) is 12.6. The second kappa shape index (κ2) is 31.2. The Balaban J connectivity index is 0.000000165. The lowest BCUT2D eigenvalue weighted by molar-refractivity contribution is -0.385. The number of carbonyl (C=O) groups excluding carboxylic acids is 4. The van der Waals surface area contributed by atoms with Crippen LogP contribution in [0.25, 0.3) is 0 Å². The lowest BCUT2D eigenvalue weighted by atomic mass is 9.87. The molecule has 0 aromatic heterocycles. The van der Waals surface area contributed by atoms with Gasteiger partial charge in [-0.15, -0.1) is 0 Å². The number of nitrogens with one attached hydrogen (secondary N) is 2. The lowest BCUT2D eigenvalue weighted by Gasteiger charge is -2.22. The van der Waals surface area contributed by atoms with Crippen molar-refractivity contribution in [2.24, 2.45) is 0 Å². The van der Waals surface area contributed by atoms with E-state index >= 15 is 0 Å². The van der Waals surface area contributed by atoms with Gasteiger partial charge >= 0.3 is 5.69 Å². The molecule has 0 bridgehead atoms. The van der Waals surface area contributed by atoms with Crippen LogP contribution < -0.4 is 61.6 Å². The van der Waals surface area contributed by atoms with Crippen LogP contribution in [0.1, 0.15) is 81.8 Å². The van der Waals surface area contributed by atoms with E-state index in [2.05, 4.69) is 52.2 Å². The Morgan fingerprint density at radius 3 is 1.63 bits per heavy atom. The molecule has 6 aliphatic rings. The first-order valence-electron chi connectivity index (χ1n) is 31.9. The molecule has 12 rings (SSSR count). The van der Waals surface area contributed by atoms with Crippen LogP contribution in [0.2, 0.25) is 5.02 Å². The van der Waals surface area contributed by atoms with E-state index in [0.29, 0.717) is 66.3 Å². The number of nitrogen functional groups attached to an aromatic ring is 3. The van der Waals surface area contributed by atoms with E-state index in [-0.39, 0.29) is 56.2 Å². The van der Waals surface area contributed by atoms with Crippen molar-refractivity contribution in [3.63, 3.8) is 0 Å². The van der Waals surface area contributed by atoms with E-state index in [1.54, 1.807) is 56.4 Å². The topological polar surface area (TPSA) is 307 Å². The third kappa shape index (κ3) is 18.0. The van der Waals surface area contributed by atoms with Crippen molar-refractivity contribution in [3.8, 4) is 17.2 Å². The van der Waals surface area contributed by atoms with Crippen molar-refractivity contribution in [1.29, 1.82) is 0 Å². The third-order valence-corrected chi connectivity index (χ3v) is 17.7. The standard InChI is InChI=1S/C15H23N3O2.C13H17NO2.C12H16ClN3O.C12H17N3O.C11H14N2O3.C8H8N2O2/c1-15(2)9-18(14(19)8-17(3)4)12-7-11(16)13(20-5)6-10(12)15;1-9(15)14-8-13(2,3)11-7-10(16-4)5-6-12(11)14;1-15(2)7-12(17)16-4-3-8-5-9(13)10(14)6-11(8)16;1-14(2)8-12(16)15-6-5-9-3-4-10(13)7-11(9)15;1-11(2)6-12-8-5-9(13(14)15)10(16-3)4-7(8)11;11-10(12)7-2-1-6-3-4-9-8(6)5-7/h6-7H,8-9,16H2,1-5H3;5-7H,8H2,1-4H3;5-6H,3-4,7,14H2,1-2H3;3-4,7H,5-6,8,13H2,1-2H3;4-5,12H,6H2,1-3H3;1-2,5,9H,3-4H2. The van der Waals surface area contributed by atoms with Gasteiger partial charge in [0.25, 0.3) is 5.69 Å². The van der Waals surface area contributed by atoms with E-state index in [0.717, 1.165) is 102 Å². The zero-order chi connectivity index (χ0) is 71.8. The first kappa shape index (κ1) is 75.0. The van der Waals surface area contributed by atoms with E-state index < -0.39 is 4.92 Å². The predicted molar refractivity (Wildman–Crippen MR) is 388 cm³/mol. The summed E-state index contributed by atoms with van der Waals surface area (Å²) in [6.45, 7) is 20.1. The average molecular weight is 1360 g/mol. The molecule has 6 aromatic rings. The first-order valence-corrected chi connectivity index (χ1v) is 32.3. The third-order valence-electron chi connectivity index (χ3n) is 17.4. The highest BCUT2D eigenvalue weighted by Gasteiger charge is 2.40. The molecule has 0 fully saturated rings. The molecule has 522 valence electrons. The number of nitrogens with zero attached hydrogens (tertiary/aromatic N) is 9. The van der Waals surface area contributed by atoms with Gasteiger partial charge in [-0.25, -0.2) is 0 Å². The number of hydrogen-bond donors (Lipinski definition) is 5. The number of nitro groups is 2. The fourth-order valence-electron chi connectivity index (χ4n) is 12.4. The number of non-ortho nitro benzene ring substituents is 1. The maximum Gasteiger partial charge on any atom is 0.312 e. The van der Waals surface area contributed by atoms with Crippen molar-refractivity contribution in [3.05, 3.63) is 150 Å². The molecule has 6 aliphatic heterocycles. The van der Waals surface area contributed by atoms with Gasteiger partial charge in [-0.3, -0.25) is 39.4 Å². The van der Waals surface area contributed by atoms with Crippen LogP contribution in [0.4, 0.5) is 62.6 Å². The molecule has 0 spiro atoms. The molecule has 0 saturated heterocycles. The van der Waals surface area contributed by atoms with Crippen LogP contribution >= 0.6 is 11.6 Å². The minimum atomic E-state index is -0.424. The molecule has 0 aliphatic carbocycles. The summed E-state index contributed by atoms with van der Waals surface area (Å²) in [4.78, 5) is 81.2. The van der Waals surface area contributed by atoms with Gasteiger partial charge in [0.2, 0.25) is 23.6 Å². The first-order chi connectivity index (χ1) is 45.5. The second-order valence-corrected chi connectivity index (χ2v) is 27.8. The molecule has 0 unspecified atom stereocenters. The molecule has 25 nitrogen and oxygen atoms in total. The van der Waals surface area contributed by atoms with Crippen molar-refractivity contribution in [2.45, 2.75) is 84.0 Å². The van der Waals surface area contributed by atoms with Gasteiger partial charge in [0.15, 0.2) is 5.75 Å². The van der Waals surface area contributed by atoms with Crippen LogP contribution in [0.3, 0.4) is 0 Å². The number of fused-ring (bicyclic) bond motifs is 6. The SMILES string of the molecule is CN(C)CC(=O)N1CCc2cc(Cl)c(N)cc21.CN(C)CC(=O)N1CCc2ccc(N)cc21.COc1cc2c(cc1N)N(C(=O)CN(C)C)CC2(C)C.COc1cc2c(cc1[N+](=O)[O-])NCC2(C)C.COc1ccc2c(c1)C(C)(C)CN2C(C)=O.O=[N+]([O-])c1ccc2c(c1)NCC2. The van der Waals surface area contributed by atoms with Gasteiger partial charge in [0.05, 0.1) is 67.2 Å². The van der Waals surface area contributed by atoms with Gasteiger partial charge in [-0.1, -0.05) is 65.3 Å². The lowest BCUT2D eigenvalue weighted by Crippen LogP contribution is -2.39. The van der Waals surface area contributed by atoms with Crippen LogP contribution in [0.15, 0.2) is 91.0 Å². The smallest absolute Gasteiger partial charge is 0.312 e. The monoisotopic (exact) mass is 1350 g/mol. The molecule has 26 heteroatoms. The van der Waals surface area contributed by atoms with E-state index in [9.17, 15) is 39.4 Å². The molecule has 6 aromatic carbocycles. The summed E-state index contributed by atoms with van der Waals surface area (Å²) in [5.41, 5.74) is 31.7. The van der Waals surface area contributed by atoms with E-state index in [1.165, 1.54) is 23.8 Å². The van der Waals surface area contributed by atoms with Gasteiger partial charge in [-0.2, -0.15) is 0 Å². The highest BCUT2D eigenvalue weighted by molar-refractivity contribution is 6.33. The zero-order valence-electron chi connectivity index (χ0n) is 58.8. The molecular weight excluding hydrogens is 1260 g/mol. The number of ether oxygens (including phenoxy) is 3. The molecule has 97 heavy (non-hydrogen) atoms.